The summed E-state index contributed by atoms with van der Waals surface area (Å²) in [5, 5.41) is 7.12. The van der Waals surface area contributed by atoms with E-state index in [9.17, 15) is 22.8 Å². The number of alkyl halides is 3. The van der Waals surface area contributed by atoms with Gasteiger partial charge in [-0.1, -0.05) is 0 Å². The van der Waals surface area contributed by atoms with Crippen molar-refractivity contribution in [1.29, 1.82) is 0 Å². The number of carboxylic acids is 1. The molecule has 13 heteroatoms. The number of halogens is 3. The molecule has 5 heterocycles. The number of anilines is 1. The molecule has 10 nitrogen and oxygen atoms in total. The number of aliphatic carboxylic acids is 1. The van der Waals surface area contributed by atoms with E-state index >= 15 is 0 Å². The summed E-state index contributed by atoms with van der Waals surface area (Å²) < 4.78 is 31.7. The van der Waals surface area contributed by atoms with Crippen molar-refractivity contribution in [3.8, 4) is 0 Å². The summed E-state index contributed by atoms with van der Waals surface area (Å²) in [4.78, 5) is 54.1. The van der Waals surface area contributed by atoms with Crippen molar-refractivity contribution in [2.75, 3.05) is 44.7 Å². The molecular weight excluding hydrogens is 493 g/mol. The number of carbonyl (C=O) groups is 3. The lowest BCUT2D eigenvalue weighted by Crippen LogP contribution is -2.53. The fourth-order valence-electron chi connectivity index (χ4n) is 5.68. The Hall–Kier alpha value is -3.77. The smallest absolute Gasteiger partial charge is 0.475 e. The van der Waals surface area contributed by atoms with Gasteiger partial charge in [0.05, 0.1) is 11.0 Å². The van der Waals surface area contributed by atoms with Gasteiger partial charge in [0.25, 0.3) is 5.91 Å². The molecule has 2 amide bonds. The lowest BCUT2D eigenvalue weighted by molar-refractivity contribution is -0.192. The van der Waals surface area contributed by atoms with Gasteiger partial charge in [0.2, 0.25) is 11.9 Å². The van der Waals surface area contributed by atoms with Crippen molar-refractivity contribution in [2.45, 2.75) is 25.4 Å². The number of fused-ring (bicyclic) bond motifs is 1. The summed E-state index contributed by atoms with van der Waals surface area (Å²) in [5.74, 6) is -1.83. The van der Waals surface area contributed by atoms with Crippen molar-refractivity contribution in [3.05, 3.63) is 48.5 Å². The Balaban J connectivity index is 0.000000405. The summed E-state index contributed by atoms with van der Waals surface area (Å²) in [6, 6.07) is 5.40. The maximum Gasteiger partial charge on any atom is 0.490 e. The van der Waals surface area contributed by atoms with Gasteiger partial charge in [0.15, 0.2) is 0 Å². The molecule has 3 saturated heterocycles. The van der Waals surface area contributed by atoms with Gasteiger partial charge in [0, 0.05) is 70.0 Å². The lowest BCUT2D eigenvalue weighted by atomic mass is 9.60. The zero-order valence-electron chi connectivity index (χ0n) is 20.2. The highest BCUT2D eigenvalue weighted by Crippen LogP contribution is 2.58. The van der Waals surface area contributed by atoms with E-state index in [4.69, 9.17) is 9.90 Å². The summed E-state index contributed by atoms with van der Waals surface area (Å²) >= 11 is 0. The van der Waals surface area contributed by atoms with Crippen molar-refractivity contribution in [1.82, 2.24) is 24.8 Å². The molecule has 0 aliphatic carbocycles. The van der Waals surface area contributed by atoms with E-state index in [1.165, 1.54) is 0 Å². The first-order valence-electron chi connectivity index (χ1n) is 11.8. The van der Waals surface area contributed by atoms with Crippen LogP contribution >= 0.6 is 0 Å². The largest absolute Gasteiger partial charge is 0.490 e. The van der Waals surface area contributed by atoms with Gasteiger partial charge in [-0.25, -0.2) is 14.8 Å². The highest BCUT2D eigenvalue weighted by Gasteiger charge is 2.65. The van der Waals surface area contributed by atoms with E-state index < -0.39 is 17.6 Å². The van der Waals surface area contributed by atoms with Crippen LogP contribution in [0.25, 0.3) is 0 Å². The molecule has 37 heavy (non-hydrogen) atoms. The van der Waals surface area contributed by atoms with Crippen molar-refractivity contribution in [2.24, 2.45) is 10.8 Å². The number of aromatic nitrogens is 3. The van der Waals surface area contributed by atoms with Crippen LogP contribution in [0.3, 0.4) is 0 Å². The summed E-state index contributed by atoms with van der Waals surface area (Å²) in [5.41, 5.74) is 0.0232. The molecule has 2 aromatic rings. The van der Waals surface area contributed by atoms with Crippen LogP contribution in [0.2, 0.25) is 0 Å². The molecule has 1 N–H and O–H groups in total. The molecule has 3 fully saturated rings. The van der Waals surface area contributed by atoms with Crippen molar-refractivity contribution in [3.63, 3.8) is 0 Å². The number of nitrogens with zero attached hydrogens (tertiary/aromatic N) is 6. The van der Waals surface area contributed by atoms with Crippen LogP contribution in [0.5, 0.6) is 0 Å². The van der Waals surface area contributed by atoms with Gasteiger partial charge in [-0.05, 0) is 37.5 Å². The molecule has 0 aromatic carbocycles. The second kappa shape index (κ2) is 9.94. The summed E-state index contributed by atoms with van der Waals surface area (Å²) in [6.45, 7) is 3.48. The number of hydrogen-bond acceptors (Lipinski definition) is 7. The zero-order valence-corrected chi connectivity index (χ0v) is 20.2. The van der Waals surface area contributed by atoms with Crippen molar-refractivity contribution >= 4 is 23.7 Å². The van der Waals surface area contributed by atoms with E-state index in [-0.39, 0.29) is 17.2 Å². The Labute approximate surface area is 211 Å². The third-order valence-corrected chi connectivity index (χ3v) is 7.59. The van der Waals surface area contributed by atoms with Gasteiger partial charge >= 0.3 is 12.1 Å². The van der Waals surface area contributed by atoms with E-state index in [2.05, 4.69) is 19.9 Å². The molecule has 5 rings (SSSR count). The third-order valence-electron chi connectivity index (χ3n) is 7.59. The minimum Gasteiger partial charge on any atom is -0.475 e. The fourth-order valence-corrected chi connectivity index (χ4v) is 5.68. The highest BCUT2D eigenvalue weighted by atomic mass is 19.4. The third kappa shape index (κ3) is 4.94. The molecule has 0 bridgehead atoms. The normalized spacial score (nSPS) is 22.8. The summed E-state index contributed by atoms with van der Waals surface area (Å²) in [7, 11) is 1.90. The van der Waals surface area contributed by atoms with E-state index in [0.29, 0.717) is 31.1 Å². The Morgan fingerprint density at radius 2 is 1.65 bits per heavy atom. The minimum absolute atomic E-state index is 0.0168. The number of carbonyl (C=O) groups excluding carboxylic acids is 2. The first-order valence-corrected chi connectivity index (χ1v) is 11.8. The SMILES string of the molecule is CN1CCC2(CN(c3ncccn3)CC23CCN(C(=O)c2cccnc2)CC3)C1=O.O=C(O)C(F)(F)F. The average molecular weight is 521 g/mol. The van der Waals surface area contributed by atoms with Crippen LogP contribution in [-0.4, -0.2) is 93.6 Å². The van der Waals surface area contributed by atoms with E-state index in [1.807, 2.05) is 22.9 Å². The second-order valence-electron chi connectivity index (χ2n) is 9.58. The Morgan fingerprint density at radius 3 is 2.16 bits per heavy atom. The molecular formula is C24H27F3N6O4. The van der Waals surface area contributed by atoms with Crippen LogP contribution in [0, 0.1) is 10.8 Å². The number of pyridine rings is 1. The topological polar surface area (TPSA) is 120 Å². The first kappa shape index (κ1) is 26.3. The predicted octanol–water partition coefficient (Wildman–Crippen LogP) is 2.10. The van der Waals surface area contributed by atoms with Gasteiger partial charge in [-0.15, -0.1) is 0 Å². The number of rotatable bonds is 2. The second-order valence-corrected chi connectivity index (χ2v) is 9.58. The van der Waals surface area contributed by atoms with Gasteiger partial charge in [0.1, 0.15) is 0 Å². The number of likely N-dealkylation sites (tertiary alicyclic amines) is 2. The van der Waals surface area contributed by atoms with Gasteiger partial charge in [-0.2, -0.15) is 13.2 Å². The van der Waals surface area contributed by atoms with E-state index in [1.54, 1.807) is 36.9 Å². The molecule has 0 saturated carbocycles. The fraction of sp³-hybridized carbons (Fsp3) is 0.500. The maximum atomic E-state index is 13.4. The van der Waals surface area contributed by atoms with Crippen LogP contribution < -0.4 is 4.90 Å². The quantitative estimate of drug-likeness (QED) is 0.640. The Bertz CT molecular complexity index is 1140. The molecule has 3 aliphatic heterocycles. The highest BCUT2D eigenvalue weighted by molar-refractivity contribution is 5.94. The molecule has 3 aliphatic rings. The van der Waals surface area contributed by atoms with Crippen LogP contribution in [-0.2, 0) is 9.59 Å². The molecule has 198 valence electrons. The average Bonchev–Trinajstić information content (AvgIpc) is 3.37. The first-order chi connectivity index (χ1) is 17.5. The molecule has 2 spiro atoms. The minimum atomic E-state index is -5.08. The van der Waals surface area contributed by atoms with Crippen molar-refractivity contribution < 1.29 is 32.7 Å². The predicted molar refractivity (Wildman–Crippen MR) is 124 cm³/mol. The van der Waals surface area contributed by atoms with Crippen LogP contribution in [0.4, 0.5) is 19.1 Å². The molecule has 2 aromatic heterocycles. The zero-order chi connectivity index (χ0) is 26.8. The van der Waals surface area contributed by atoms with Gasteiger partial charge < -0.3 is 19.8 Å². The maximum absolute atomic E-state index is 13.4. The molecule has 0 radical (unpaired) electrons. The Kier molecular flexibility index (Phi) is 7.07. The summed E-state index contributed by atoms with van der Waals surface area (Å²) in [6.07, 6.45) is 4.17. The van der Waals surface area contributed by atoms with Crippen LogP contribution in [0.1, 0.15) is 29.6 Å². The number of piperidine rings is 1. The number of hydrogen-bond donors (Lipinski definition) is 1. The lowest BCUT2D eigenvalue weighted by Gasteiger charge is -2.46. The standard InChI is InChI=1S/C22H26N6O2.C2HF3O2/c1-26-11-7-22(19(26)30)16-28(20-24-9-3-10-25-20)15-21(22)5-12-27(13-6-21)18(29)17-4-2-8-23-14-17;3-2(4,5)1(6)7/h2-4,8-10,14H,5-7,11-13,15-16H2,1H3;(H,6,7). The van der Waals surface area contributed by atoms with Crippen LogP contribution in [0.15, 0.2) is 43.0 Å². The van der Waals surface area contributed by atoms with Gasteiger partial charge in [-0.3, -0.25) is 14.6 Å². The molecule has 1 unspecified atom stereocenters. The van der Waals surface area contributed by atoms with E-state index in [0.717, 1.165) is 32.4 Å². The Morgan fingerprint density at radius 1 is 1.00 bits per heavy atom. The number of amides is 2. The number of carboxylic acid groups (broad SMARTS) is 1. The molecule has 1 atom stereocenters. The monoisotopic (exact) mass is 520 g/mol.